The number of nitrogens with zero attached hydrogens (tertiary/aromatic N) is 4. The summed E-state index contributed by atoms with van der Waals surface area (Å²) in [7, 11) is 0. The Hall–Kier alpha value is -2.11. The quantitative estimate of drug-likeness (QED) is 0.617. The molecule has 0 saturated heterocycles. The third-order valence-corrected chi connectivity index (χ3v) is 2.86. The zero-order chi connectivity index (χ0) is 14.4. The Labute approximate surface area is 118 Å². The molecule has 0 aliphatic carbocycles. The zero-order valence-corrected chi connectivity index (χ0v) is 12.0. The summed E-state index contributed by atoms with van der Waals surface area (Å²) in [6.45, 7) is 5.71. The largest absolute Gasteiger partial charge is 0.494 e. The van der Waals surface area contributed by atoms with Crippen molar-refractivity contribution in [3.05, 3.63) is 30.1 Å². The highest BCUT2D eigenvalue weighted by Crippen LogP contribution is 2.13. The predicted octanol–water partition coefficient (Wildman–Crippen LogP) is 1.92. The van der Waals surface area contributed by atoms with Crippen LogP contribution in [0, 0.1) is 5.92 Å². The van der Waals surface area contributed by atoms with Crippen LogP contribution in [0.4, 0.5) is 5.69 Å². The zero-order valence-electron chi connectivity index (χ0n) is 12.0. The van der Waals surface area contributed by atoms with Crippen LogP contribution in [-0.4, -0.2) is 26.8 Å². The van der Waals surface area contributed by atoms with Crippen LogP contribution in [-0.2, 0) is 13.0 Å². The highest BCUT2D eigenvalue weighted by molar-refractivity contribution is 5.41. The summed E-state index contributed by atoms with van der Waals surface area (Å²) in [6.07, 6.45) is 1.76. The van der Waals surface area contributed by atoms with E-state index in [4.69, 9.17) is 10.5 Å². The van der Waals surface area contributed by atoms with Crippen molar-refractivity contribution in [3.63, 3.8) is 0 Å². The molecule has 0 atom stereocenters. The van der Waals surface area contributed by atoms with Crippen molar-refractivity contribution in [2.75, 3.05) is 12.3 Å². The van der Waals surface area contributed by atoms with Gasteiger partial charge in [-0.15, -0.1) is 5.10 Å². The van der Waals surface area contributed by atoms with E-state index in [-0.39, 0.29) is 0 Å². The topological polar surface area (TPSA) is 78.8 Å². The number of hydrogen-bond donors (Lipinski definition) is 1. The fraction of sp³-hybridized carbons (Fsp3) is 0.500. The van der Waals surface area contributed by atoms with Crippen molar-refractivity contribution in [3.8, 4) is 5.75 Å². The van der Waals surface area contributed by atoms with Crippen molar-refractivity contribution in [2.45, 2.75) is 33.2 Å². The minimum Gasteiger partial charge on any atom is -0.494 e. The molecule has 1 aromatic carbocycles. The minimum absolute atomic E-state index is 0.547. The summed E-state index contributed by atoms with van der Waals surface area (Å²) >= 11 is 0. The SMILES string of the molecule is CC(C)Cc1nnnn1CCCOc1ccc(N)cc1. The molecule has 2 rings (SSSR count). The maximum atomic E-state index is 5.64. The number of ether oxygens (including phenoxy) is 1. The van der Waals surface area contributed by atoms with E-state index in [0.717, 1.165) is 36.6 Å². The number of hydrogen-bond acceptors (Lipinski definition) is 5. The smallest absolute Gasteiger partial charge is 0.151 e. The maximum Gasteiger partial charge on any atom is 0.151 e. The molecule has 1 heterocycles. The number of rotatable bonds is 7. The van der Waals surface area contributed by atoms with Crippen LogP contribution in [0.15, 0.2) is 24.3 Å². The average Bonchev–Trinajstić information content (AvgIpc) is 2.83. The molecule has 20 heavy (non-hydrogen) atoms. The Balaban J connectivity index is 1.76. The van der Waals surface area contributed by atoms with Crippen LogP contribution in [0.3, 0.4) is 0 Å². The van der Waals surface area contributed by atoms with E-state index in [1.165, 1.54) is 0 Å². The summed E-state index contributed by atoms with van der Waals surface area (Å²) in [6, 6.07) is 7.40. The van der Waals surface area contributed by atoms with E-state index in [2.05, 4.69) is 29.4 Å². The predicted molar refractivity (Wildman–Crippen MR) is 77.3 cm³/mol. The Morgan fingerprint density at radius 2 is 2.00 bits per heavy atom. The van der Waals surface area contributed by atoms with Gasteiger partial charge < -0.3 is 10.5 Å². The first kappa shape index (κ1) is 14.3. The molecule has 6 heteroatoms. The molecule has 1 aromatic heterocycles. The number of benzene rings is 1. The van der Waals surface area contributed by atoms with Gasteiger partial charge in [-0.2, -0.15) is 0 Å². The molecule has 0 aliphatic rings. The first-order valence-electron chi connectivity index (χ1n) is 6.88. The third kappa shape index (κ3) is 4.22. The molecule has 0 radical (unpaired) electrons. The third-order valence-electron chi connectivity index (χ3n) is 2.86. The molecule has 0 amide bonds. The number of tetrazole rings is 1. The standard InChI is InChI=1S/C14H21N5O/c1-11(2)10-14-16-17-18-19(14)8-3-9-20-13-6-4-12(15)5-7-13/h4-7,11H,3,8-10,15H2,1-2H3. The molecule has 2 aromatic rings. The summed E-state index contributed by atoms with van der Waals surface area (Å²) in [5, 5.41) is 11.8. The van der Waals surface area contributed by atoms with Gasteiger partial charge in [0.05, 0.1) is 6.61 Å². The Morgan fingerprint density at radius 3 is 2.70 bits per heavy atom. The van der Waals surface area contributed by atoms with Crippen LogP contribution < -0.4 is 10.5 Å². The van der Waals surface area contributed by atoms with E-state index in [9.17, 15) is 0 Å². The highest BCUT2D eigenvalue weighted by atomic mass is 16.5. The van der Waals surface area contributed by atoms with Crippen molar-refractivity contribution in [1.82, 2.24) is 20.2 Å². The van der Waals surface area contributed by atoms with Gasteiger partial charge >= 0.3 is 0 Å². The van der Waals surface area contributed by atoms with Crippen molar-refractivity contribution < 1.29 is 4.74 Å². The van der Waals surface area contributed by atoms with Crippen molar-refractivity contribution in [2.24, 2.45) is 5.92 Å². The first-order valence-corrected chi connectivity index (χ1v) is 6.88. The molecule has 2 N–H and O–H groups in total. The molecule has 0 unspecified atom stereocenters. The number of aromatic nitrogens is 4. The van der Waals surface area contributed by atoms with Gasteiger partial charge in [-0.25, -0.2) is 4.68 Å². The second-order valence-corrected chi connectivity index (χ2v) is 5.19. The Morgan fingerprint density at radius 1 is 1.25 bits per heavy atom. The van der Waals surface area contributed by atoms with E-state index in [1.807, 2.05) is 28.9 Å². The van der Waals surface area contributed by atoms with Crippen molar-refractivity contribution in [1.29, 1.82) is 0 Å². The fourth-order valence-corrected chi connectivity index (χ4v) is 1.88. The van der Waals surface area contributed by atoms with Crippen molar-refractivity contribution >= 4 is 5.69 Å². The molecule has 0 fully saturated rings. The first-order chi connectivity index (χ1) is 9.65. The van der Waals surface area contributed by atoms with Crippen LogP contribution >= 0.6 is 0 Å². The Bertz CT molecular complexity index is 521. The van der Waals surface area contributed by atoms with E-state index < -0.39 is 0 Å². The lowest BCUT2D eigenvalue weighted by Crippen LogP contribution is -2.11. The second kappa shape index (κ2) is 6.88. The molecular weight excluding hydrogens is 254 g/mol. The van der Waals surface area contributed by atoms with Crippen LogP contribution in [0.5, 0.6) is 5.75 Å². The lowest BCUT2D eigenvalue weighted by molar-refractivity contribution is 0.296. The van der Waals surface area contributed by atoms with Gasteiger partial charge in [-0.05, 0) is 40.6 Å². The summed E-state index contributed by atoms with van der Waals surface area (Å²) in [5.41, 5.74) is 6.36. The van der Waals surface area contributed by atoms with E-state index in [1.54, 1.807) is 0 Å². The monoisotopic (exact) mass is 275 g/mol. The molecule has 0 spiro atoms. The number of nitrogen functional groups attached to an aromatic ring is 1. The van der Waals surface area contributed by atoms with Gasteiger partial charge in [0.2, 0.25) is 0 Å². The normalized spacial score (nSPS) is 10.9. The minimum atomic E-state index is 0.547. The summed E-state index contributed by atoms with van der Waals surface area (Å²) < 4.78 is 7.50. The van der Waals surface area contributed by atoms with Gasteiger partial charge in [0, 0.05) is 25.1 Å². The van der Waals surface area contributed by atoms with E-state index >= 15 is 0 Å². The average molecular weight is 275 g/mol. The molecule has 0 saturated carbocycles. The number of anilines is 1. The molecule has 108 valence electrons. The fourth-order valence-electron chi connectivity index (χ4n) is 1.88. The number of nitrogens with two attached hydrogens (primary N) is 1. The summed E-state index contributed by atoms with van der Waals surface area (Å²) in [5.74, 6) is 2.32. The van der Waals surface area contributed by atoms with Gasteiger partial charge in [0.1, 0.15) is 5.75 Å². The van der Waals surface area contributed by atoms with Crippen LogP contribution in [0.25, 0.3) is 0 Å². The van der Waals surface area contributed by atoms with Crippen LogP contribution in [0.1, 0.15) is 26.1 Å². The van der Waals surface area contributed by atoms with E-state index in [0.29, 0.717) is 12.5 Å². The number of aryl methyl sites for hydroxylation is 1. The van der Waals surface area contributed by atoms with Gasteiger partial charge in [0.25, 0.3) is 0 Å². The molecule has 0 aliphatic heterocycles. The lowest BCUT2D eigenvalue weighted by Gasteiger charge is -2.08. The highest BCUT2D eigenvalue weighted by Gasteiger charge is 2.07. The van der Waals surface area contributed by atoms with Gasteiger partial charge in [-0.1, -0.05) is 13.8 Å². The van der Waals surface area contributed by atoms with Gasteiger partial charge in [-0.3, -0.25) is 0 Å². The second-order valence-electron chi connectivity index (χ2n) is 5.19. The van der Waals surface area contributed by atoms with Crippen LogP contribution in [0.2, 0.25) is 0 Å². The lowest BCUT2D eigenvalue weighted by atomic mass is 10.1. The Kier molecular flexibility index (Phi) is 4.92. The molecule has 0 bridgehead atoms. The van der Waals surface area contributed by atoms with Gasteiger partial charge in [0.15, 0.2) is 5.82 Å². The summed E-state index contributed by atoms with van der Waals surface area (Å²) in [4.78, 5) is 0. The molecule has 6 nitrogen and oxygen atoms in total. The maximum absolute atomic E-state index is 5.64. The molecular formula is C14H21N5O.